The summed E-state index contributed by atoms with van der Waals surface area (Å²) in [6, 6.07) is 6.42. The molecule has 1 heterocycles. The molecular formula is C16H21N3O5. The Morgan fingerprint density at radius 1 is 1.12 bits per heavy atom. The summed E-state index contributed by atoms with van der Waals surface area (Å²) in [5.74, 6) is -1.53. The Balaban J connectivity index is 2.01. The summed E-state index contributed by atoms with van der Waals surface area (Å²) in [6.45, 7) is 3.10. The van der Waals surface area contributed by atoms with Crippen LogP contribution in [0.5, 0.6) is 5.75 Å². The van der Waals surface area contributed by atoms with Gasteiger partial charge in [0.25, 0.3) is 0 Å². The maximum absolute atomic E-state index is 12.3. The molecule has 2 N–H and O–H groups in total. The smallest absolute Gasteiger partial charge is 0.415 e. The number of hydrogen-bond donors (Lipinski definition) is 2. The molecule has 0 aromatic heterocycles. The second-order valence-corrected chi connectivity index (χ2v) is 5.49. The van der Waals surface area contributed by atoms with Gasteiger partial charge in [-0.3, -0.25) is 4.79 Å². The van der Waals surface area contributed by atoms with Crippen molar-refractivity contribution in [3.05, 3.63) is 29.8 Å². The van der Waals surface area contributed by atoms with Crippen LogP contribution < -0.4 is 10.1 Å². The van der Waals surface area contributed by atoms with Gasteiger partial charge in [0.05, 0.1) is 5.92 Å². The summed E-state index contributed by atoms with van der Waals surface area (Å²) < 4.78 is 5.38. The van der Waals surface area contributed by atoms with Crippen LogP contribution in [0.2, 0.25) is 0 Å². The Hall–Kier alpha value is -2.77. The lowest BCUT2D eigenvalue weighted by Gasteiger charge is -2.33. The second kappa shape index (κ2) is 7.67. The van der Waals surface area contributed by atoms with Crippen molar-refractivity contribution in [1.29, 1.82) is 0 Å². The van der Waals surface area contributed by atoms with Gasteiger partial charge in [-0.15, -0.1) is 0 Å². The third kappa shape index (κ3) is 3.95. The maximum atomic E-state index is 12.3. The van der Waals surface area contributed by atoms with Crippen LogP contribution in [0.4, 0.5) is 9.59 Å². The molecule has 1 fully saturated rings. The molecule has 0 saturated carbocycles. The lowest BCUT2D eigenvalue weighted by atomic mass is 10.0. The zero-order chi connectivity index (χ0) is 17.7. The van der Waals surface area contributed by atoms with Gasteiger partial charge in [0.2, 0.25) is 0 Å². The van der Waals surface area contributed by atoms with Gasteiger partial charge >= 0.3 is 18.1 Å². The summed E-state index contributed by atoms with van der Waals surface area (Å²) in [5, 5.41) is 11.7. The molecule has 2 rings (SSSR count). The van der Waals surface area contributed by atoms with Crippen LogP contribution in [0.3, 0.4) is 0 Å². The van der Waals surface area contributed by atoms with Gasteiger partial charge in [-0.2, -0.15) is 0 Å². The summed E-state index contributed by atoms with van der Waals surface area (Å²) in [4.78, 5) is 38.1. The van der Waals surface area contributed by atoms with Gasteiger partial charge in [-0.05, 0) is 13.0 Å². The van der Waals surface area contributed by atoms with Crippen LogP contribution in [-0.2, 0) is 4.79 Å². The van der Waals surface area contributed by atoms with Gasteiger partial charge in [-0.25, -0.2) is 9.59 Å². The van der Waals surface area contributed by atoms with Crippen molar-refractivity contribution in [2.24, 2.45) is 0 Å². The predicted octanol–water partition coefficient (Wildman–Crippen LogP) is 1.33. The highest BCUT2D eigenvalue weighted by molar-refractivity contribution is 5.78. The topological polar surface area (TPSA) is 99.2 Å². The Labute approximate surface area is 140 Å². The fourth-order valence-corrected chi connectivity index (χ4v) is 2.47. The average molecular weight is 335 g/mol. The highest BCUT2D eigenvalue weighted by Crippen LogP contribution is 2.27. The number of ether oxygens (including phenoxy) is 1. The molecule has 1 aromatic carbocycles. The lowest BCUT2D eigenvalue weighted by Crippen LogP contribution is -2.53. The molecule has 0 bridgehead atoms. The van der Waals surface area contributed by atoms with E-state index in [1.807, 2.05) is 0 Å². The van der Waals surface area contributed by atoms with E-state index in [-0.39, 0.29) is 11.8 Å². The molecule has 1 aliphatic heterocycles. The number of aliphatic carboxylic acids is 1. The highest BCUT2D eigenvalue weighted by Gasteiger charge is 2.26. The van der Waals surface area contributed by atoms with Crippen LogP contribution in [0, 0.1) is 0 Å². The molecule has 24 heavy (non-hydrogen) atoms. The number of urea groups is 1. The number of nitrogens with one attached hydrogen (secondary N) is 1. The first kappa shape index (κ1) is 17.6. The molecule has 1 saturated heterocycles. The summed E-state index contributed by atoms with van der Waals surface area (Å²) in [5.41, 5.74) is 0.447. The molecule has 1 aliphatic rings. The maximum Gasteiger partial charge on any atom is 0.415 e. The van der Waals surface area contributed by atoms with Crippen LogP contribution in [0.1, 0.15) is 18.4 Å². The quantitative estimate of drug-likeness (QED) is 0.868. The molecule has 1 aromatic rings. The minimum absolute atomic E-state index is 0.177. The van der Waals surface area contributed by atoms with Crippen molar-refractivity contribution in [3.63, 3.8) is 0 Å². The van der Waals surface area contributed by atoms with E-state index in [1.165, 1.54) is 11.8 Å². The molecule has 1 atom stereocenters. The fourth-order valence-electron chi connectivity index (χ4n) is 2.47. The van der Waals surface area contributed by atoms with Crippen molar-refractivity contribution >= 4 is 18.1 Å². The SMILES string of the molecule is CNC(=O)N1CCN(C(=O)Oc2ccccc2C(C)C(=O)O)CC1. The van der Waals surface area contributed by atoms with Crippen molar-refractivity contribution < 1.29 is 24.2 Å². The monoisotopic (exact) mass is 335 g/mol. The lowest BCUT2D eigenvalue weighted by molar-refractivity contribution is -0.138. The molecule has 0 spiro atoms. The van der Waals surface area contributed by atoms with Gasteiger partial charge in [0.1, 0.15) is 5.75 Å². The number of piperazine rings is 1. The number of hydrogen-bond acceptors (Lipinski definition) is 4. The predicted molar refractivity (Wildman–Crippen MR) is 86.1 cm³/mol. The minimum atomic E-state index is -0.988. The molecular weight excluding hydrogens is 314 g/mol. The number of rotatable bonds is 3. The average Bonchev–Trinajstić information content (AvgIpc) is 2.60. The molecule has 0 aliphatic carbocycles. The number of nitrogens with zero attached hydrogens (tertiary/aromatic N) is 2. The van der Waals surface area contributed by atoms with Gasteiger partial charge in [0.15, 0.2) is 0 Å². The first-order chi connectivity index (χ1) is 11.4. The van der Waals surface area contributed by atoms with E-state index in [0.717, 1.165) is 0 Å². The van der Waals surface area contributed by atoms with Crippen LogP contribution in [-0.4, -0.2) is 66.2 Å². The Bertz CT molecular complexity index is 626. The number of carbonyl (C=O) groups is 3. The summed E-state index contributed by atoms with van der Waals surface area (Å²) in [6.07, 6.45) is -0.545. The highest BCUT2D eigenvalue weighted by atomic mass is 16.6. The van der Waals surface area contributed by atoms with Crippen molar-refractivity contribution in [2.75, 3.05) is 33.2 Å². The fraction of sp³-hybridized carbons (Fsp3) is 0.438. The molecule has 1 unspecified atom stereocenters. The van der Waals surface area contributed by atoms with E-state index in [1.54, 1.807) is 36.2 Å². The third-order valence-corrected chi connectivity index (χ3v) is 3.99. The van der Waals surface area contributed by atoms with Crippen molar-refractivity contribution in [3.8, 4) is 5.75 Å². The Kier molecular flexibility index (Phi) is 5.62. The van der Waals surface area contributed by atoms with E-state index in [2.05, 4.69) is 5.32 Å². The van der Waals surface area contributed by atoms with Crippen molar-refractivity contribution in [1.82, 2.24) is 15.1 Å². The Morgan fingerprint density at radius 3 is 2.29 bits per heavy atom. The van der Waals surface area contributed by atoms with E-state index in [9.17, 15) is 14.4 Å². The summed E-state index contributed by atoms with van der Waals surface area (Å²) in [7, 11) is 1.56. The number of amides is 3. The largest absolute Gasteiger partial charge is 0.481 e. The zero-order valence-electron chi connectivity index (χ0n) is 13.7. The molecule has 8 heteroatoms. The van der Waals surface area contributed by atoms with Crippen LogP contribution in [0.15, 0.2) is 24.3 Å². The van der Waals surface area contributed by atoms with E-state index in [0.29, 0.717) is 31.7 Å². The standard InChI is InChI=1S/C16H21N3O5/c1-11(14(20)21)12-5-3-4-6-13(12)24-16(23)19-9-7-18(8-10-19)15(22)17-2/h3-6,11H,7-10H2,1-2H3,(H,17,22)(H,20,21). The van der Waals surface area contributed by atoms with Crippen molar-refractivity contribution in [2.45, 2.75) is 12.8 Å². The number of para-hydroxylation sites is 1. The van der Waals surface area contributed by atoms with E-state index >= 15 is 0 Å². The van der Waals surface area contributed by atoms with Gasteiger partial charge < -0.3 is 25.0 Å². The van der Waals surface area contributed by atoms with Crippen LogP contribution >= 0.6 is 0 Å². The number of carboxylic acids is 1. The van der Waals surface area contributed by atoms with Crippen LogP contribution in [0.25, 0.3) is 0 Å². The zero-order valence-corrected chi connectivity index (χ0v) is 13.7. The molecule has 0 radical (unpaired) electrons. The summed E-state index contributed by atoms with van der Waals surface area (Å²) >= 11 is 0. The van der Waals surface area contributed by atoms with E-state index < -0.39 is 18.0 Å². The van der Waals surface area contributed by atoms with Gasteiger partial charge in [0, 0.05) is 38.8 Å². The molecule has 130 valence electrons. The second-order valence-electron chi connectivity index (χ2n) is 5.49. The normalized spacial score (nSPS) is 15.6. The number of carboxylic acid groups (broad SMARTS) is 1. The first-order valence-electron chi connectivity index (χ1n) is 7.69. The Morgan fingerprint density at radius 2 is 1.71 bits per heavy atom. The molecule has 3 amide bonds. The third-order valence-electron chi connectivity index (χ3n) is 3.99. The molecule has 8 nitrogen and oxygen atoms in total. The van der Waals surface area contributed by atoms with Gasteiger partial charge in [-0.1, -0.05) is 18.2 Å². The number of benzene rings is 1. The number of carbonyl (C=O) groups excluding carboxylic acids is 2. The van der Waals surface area contributed by atoms with E-state index in [4.69, 9.17) is 9.84 Å². The minimum Gasteiger partial charge on any atom is -0.481 e. The first-order valence-corrected chi connectivity index (χ1v) is 7.69.